The summed E-state index contributed by atoms with van der Waals surface area (Å²) in [7, 11) is 1.58. The number of hydrogen-bond acceptors (Lipinski definition) is 4. The number of carbonyl (C=O) groups is 1. The Balaban J connectivity index is 2.48. The molecule has 0 radical (unpaired) electrons. The molecule has 6 nitrogen and oxygen atoms in total. The molecule has 78 valence electrons. The molecule has 2 N–H and O–H groups in total. The van der Waals surface area contributed by atoms with Gasteiger partial charge in [-0.2, -0.15) is 0 Å². The van der Waals surface area contributed by atoms with Gasteiger partial charge in [-0.05, 0) is 6.92 Å². The molecule has 1 heterocycles. The van der Waals surface area contributed by atoms with Crippen molar-refractivity contribution < 1.29 is 14.4 Å². The quantitative estimate of drug-likeness (QED) is 0.740. The number of anilines is 1. The van der Waals surface area contributed by atoms with Crippen molar-refractivity contribution >= 4 is 11.8 Å². The first-order chi connectivity index (χ1) is 6.63. The lowest BCUT2D eigenvalue weighted by molar-refractivity contribution is 0.202. The van der Waals surface area contributed by atoms with Crippen molar-refractivity contribution in [2.24, 2.45) is 0 Å². The Hall–Kier alpha value is -1.56. The molecule has 0 aromatic carbocycles. The van der Waals surface area contributed by atoms with Gasteiger partial charge >= 0.3 is 6.03 Å². The summed E-state index contributed by atoms with van der Waals surface area (Å²) in [5, 5.41) is 14.7. The number of amides is 2. The Labute approximate surface area is 81.5 Å². The Bertz CT molecular complexity index is 311. The third-order valence-corrected chi connectivity index (χ3v) is 1.65. The van der Waals surface area contributed by atoms with Crippen LogP contribution in [-0.4, -0.2) is 41.4 Å². The molecule has 0 saturated heterocycles. The van der Waals surface area contributed by atoms with Crippen LogP contribution in [0.4, 0.5) is 10.6 Å². The van der Waals surface area contributed by atoms with Gasteiger partial charge in [-0.25, -0.2) is 4.79 Å². The standard InChI is InChI=1S/C8H13N3O3/c1-6-5-7(10-14-6)9-8(13)11(2)3-4-12/h5,12H,3-4H2,1-2H3,(H,9,10,13). The van der Waals surface area contributed by atoms with Gasteiger partial charge in [0, 0.05) is 19.7 Å². The first kappa shape index (κ1) is 10.5. The van der Waals surface area contributed by atoms with Crippen LogP contribution < -0.4 is 5.32 Å². The average Bonchev–Trinajstić information content (AvgIpc) is 2.51. The number of nitrogens with one attached hydrogen (secondary N) is 1. The fraction of sp³-hybridized carbons (Fsp3) is 0.500. The molecule has 0 aliphatic heterocycles. The number of carbonyl (C=O) groups excluding carboxylic acids is 1. The molecule has 0 unspecified atom stereocenters. The summed E-state index contributed by atoms with van der Waals surface area (Å²) >= 11 is 0. The van der Waals surface area contributed by atoms with E-state index in [4.69, 9.17) is 9.63 Å². The molecule has 1 aromatic rings. The maximum Gasteiger partial charge on any atom is 0.322 e. The van der Waals surface area contributed by atoms with E-state index in [0.29, 0.717) is 11.6 Å². The third-order valence-electron chi connectivity index (χ3n) is 1.65. The smallest absolute Gasteiger partial charge is 0.322 e. The minimum absolute atomic E-state index is 0.0677. The number of urea groups is 1. The number of rotatable bonds is 3. The molecule has 0 spiro atoms. The lowest BCUT2D eigenvalue weighted by Gasteiger charge is -2.14. The van der Waals surface area contributed by atoms with Crippen LogP contribution in [0.15, 0.2) is 10.6 Å². The summed E-state index contributed by atoms with van der Waals surface area (Å²) in [6, 6.07) is 1.29. The Kier molecular flexibility index (Phi) is 3.47. The van der Waals surface area contributed by atoms with Crippen LogP contribution in [0.3, 0.4) is 0 Å². The van der Waals surface area contributed by atoms with Gasteiger partial charge < -0.3 is 14.5 Å². The number of aromatic nitrogens is 1. The first-order valence-corrected chi connectivity index (χ1v) is 4.20. The molecule has 0 saturated carbocycles. The van der Waals surface area contributed by atoms with Crippen molar-refractivity contribution in [1.29, 1.82) is 0 Å². The zero-order valence-electron chi connectivity index (χ0n) is 8.15. The Morgan fingerprint density at radius 1 is 1.79 bits per heavy atom. The topological polar surface area (TPSA) is 78.6 Å². The summed E-state index contributed by atoms with van der Waals surface area (Å²) in [5.74, 6) is 1.00. The van der Waals surface area contributed by atoms with Gasteiger partial charge in [0.05, 0.1) is 6.61 Å². The first-order valence-electron chi connectivity index (χ1n) is 4.20. The highest BCUT2D eigenvalue weighted by Crippen LogP contribution is 2.07. The van der Waals surface area contributed by atoms with E-state index in [0.717, 1.165) is 0 Å². The van der Waals surface area contributed by atoms with Crippen LogP contribution in [0.1, 0.15) is 5.76 Å². The number of aliphatic hydroxyl groups excluding tert-OH is 1. The normalized spacial score (nSPS) is 9.93. The number of likely N-dealkylation sites (N-methyl/N-ethyl adjacent to an activating group) is 1. The lowest BCUT2D eigenvalue weighted by atomic mass is 10.5. The fourth-order valence-electron chi connectivity index (χ4n) is 0.882. The number of aryl methyl sites for hydroxylation is 1. The lowest BCUT2D eigenvalue weighted by Crippen LogP contribution is -2.33. The number of aliphatic hydroxyl groups is 1. The van der Waals surface area contributed by atoms with Gasteiger partial charge in [0.1, 0.15) is 5.76 Å². The van der Waals surface area contributed by atoms with Gasteiger partial charge in [0.15, 0.2) is 5.82 Å². The van der Waals surface area contributed by atoms with E-state index in [1.165, 1.54) is 4.90 Å². The highest BCUT2D eigenvalue weighted by atomic mass is 16.5. The van der Waals surface area contributed by atoms with Gasteiger partial charge in [0.2, 0.25) is 0 Å². The Morgan fingerprint density at radius 3 is 3.00 bits per heavy atom. The van der Waals surface area contributed by atoms with E-state index in [9.17, 15) is 4.79 Å². The summed E-state index contributed by atoms with van der Waals surface area (Å²) in [5.41, 5.74) is 0. The molecule has 0 aliphatic rings. The van der Waals surface area contributed by atoms with Gasteiger partial charge in [-0.1, -0.05) is 5.16 Å². The highest BCUT2D eigenvalue weighted by Gasteiger charge is 2.09. The van der Waals surface area contributed by atoms with Crippen LogP contribution in [0, 0.1) is 6.92 Å². The summed E-state index contributed by atoms with van der Waals surface area (Å²) in [6.07, 6.45) is 0. The van der Waals surface area contributed by atoms with E-state index in [2.05, 4.69) is 10.5 Å². The van der Waals surface area contributed by atoms with Crippen LogP contribution in [0.5, 0.6) is 0 Å². The molecule has 0 bridgehead atoms. The molecule has 0 fully saturated rings. The van der Waals surface area contributed by atoms with E-state index >= 15 is 0 Å². The van der Waals surface area contributed by atoms with Crippen molar-refractivity contribution in [2.45, 2.75) is 6.92 Å². The molecular weight excluding hydrogens is 186 g/mol. The third kappa shape index (κ3) is 2.74. The van der Waals surface area contributed by atoms with Gasteiger partial charge in [-0.15, -0.1) is 0 Å². The average molecular weight is 199 g/mol. The highest BCUT2D eigenvalue weighted by molar-refractivity contribution is 5.87. The van der Waals surface area contributed by atoms with E-state index in [1.54, 1.807) is 20.0 Å². The van der Waals surface area contributed by atoms with Crippen LogP contribution in [0.25, 0.3) is 0 Å². The van der Waals surface area contributed by atoms with Crippen molar-refractivity contribution in [3.05, 3.63) is 11.8 Å². The number of hydrogen-bond donors (Lipinski definition) is 2. The summed E-state index contributed by atoms with van der Waals surface area (Å²) in [6.45, 7) is 1.95. The molecule has 0 atom stereocenters. The zero-order valence-corrected chi connectivity index (χ0v) is 8.15. The molecule has 1 rings (SSSR count). The van der Waals surface area contributed by atoms with Gasteiger partial charge in [0.25, 0.3) is 0 Å². The fourth-order valence-corrected chi connectivity index (χ4v) is 0.882. The van der Waals surface area contributed by atoms with Crippen molar-refractivity contribution in [1.82, 2.24) is 10.1 Å². The predicted octanol–water partition coefficient (Wildman–Crippen LogP) is 0.439. The number of nitrogens with zero attached hydrogens (tertiary/aromatic N) is 2. The summed E-state index contributed by atoms with van der Waals surface area (Å²) in [4.78, 5) is 12.7. The second-order valence-corrected chi connectivity index (χ2v) is 2.90. The van der Waals surface area contributed by atoms with Crippen LogP contribution in [-0.2, 0) is 0 Å². The van der Waals surface area contributed by atoms with Crippen molar-refractivity contribution in [2.75, 3.05) is 25.5 Å². The summed E-state index contributed by atoms with van der Waals surface area (Å²) < 4.78 is 4.77. The minimum Gasteiger partial charge on any atom is -0.395 e. The van der Waals surface area contributed by atoms with Crippen LogP contribution in [0.2, 0.25) is 0 Å². The van der Waals surface area contributed by atoms with Gasteiger partial charge in [-0.3, -0.25) is 5.32 Å². The van der Waals surface area contributed by atoms with Crippen molar-refractivity contribution in [3.63, 3.8) is 0 Å². The SMILES string of the molecule is Cc1cc(NC(=O)N(C)CCO)no1. The maximum absolute atomic E-state index is 11.3. The molecule has 2 amide bonds. The monoisotopic (exact) mass is 199 g/mol. The second-order valence-electron chi connectivity index (χ2n) is 2.90. The zero-order chi connectivity index (χ0) is 10.6. The minimum atomic E-state index is -0.327. The molecule has 1 aromatic heterocycles. The maximum atomic E-state index is 11.3. The Morgan fingerprint density at radius 2 is 2.50 bits per heavy atom. The molecule has 0 aliphatic carbocycles. The largest absolute Gasteiger partial charge is 0.395 e. The molecule has 14 heavy (non-hydrogen) atoms. The molecular formula is C8H13N3O3. The predicted molar refractivity (Wildman–Crippen MR) is 50.0 cm³/mol. The second kappa shape index (κ2) is 4.61. The van der Waals surface area contributed by atoms with Crippen LogP contribution >= 0.6 is 0 Å². The van der Waals surface area contributed by atoms with E-state index < -0.39 is 0 Å². The van der Waals surface area contributed by atoms with Crippen molar-refractivity contribution in [3.8, 4) is 0 Å². The van der Waals surface area contributed by atoms with E-state index in [-0.39, 0.29) is 19.2 Å². The molecule has 6 heteroatoms. The van der Waals surface area contributed by atoms with E-state index in [1.807, 2.05) is 0 Å².